The molecule has 0 spiro atoms. The molecule has 5 nitrogen and oxygen atoms in total. The van der Waals surface area contributed by atoms with Crippen LogP contribution in [0, 0.1) is 0 Å². The number of halogens is 1. The Kier molecular flexibility index (Phi) is 4.24. The third-order valence-electron chi connectivity index (χ3n) is 3.06. The van der Waals surface area contributed by atoms with Gasteiger partial charge in [-0.1, -0.05) is 23.5 Å². The van der Waals surface area contributed by atoms with Crippen molar-refractivity contribution in [3.05, 3.63) is 24.3 Å². The molecule has 0 saturated carbocycles. The van der Waals surface area contributed by atoms with Gasteiger partial charge in [0.05, 0.1) is 10.2 Å². The first-order chi connectivity index (χ1) is 8.75. The van der Waals surface area contributed by atoms with Gasteiger partial charge in [-0.25, -0.2) is 9.78 Å². The molecule has 19 heavy (non-hydrogen) atoms. The molecule has 0 radical (unpaired) electrons. The molecular weight excluding hydrogens is 286 g/mol. The third-order valence-corrected chi connectivity index (χ3v) is 4.13. The van der Waals surface area contributed by atoms with Crippen LogP contribution in [0.1, 0.15) is 0 Å². The molecule has 1 aliphatic rings. The van der Waals surface area contributed by atoms with Gasteiger partial charge in [0.25, 0.3) is 0 Å². The van der Waals surface area contributed by atoms with Crippen LogP contribution in [0.3, 0.4) is 0 Å². The fourth-order valence-corrected chi connectivity index (χ4v) is 3.18. The molecule has 2 N–H and O–H groups in total. The maximum Gasteiger partial charge on any atom is 0.327 e. The van der Waals surface area contributed by atoms with Crippen molar-refractivity contribution in [2.45, 2.75) is 6.04 Å². The first kappa shape index (κ1) is 14.0. The van der Waals surface area contributed by atoms with Crippen molar-refractivity contribution < 1.29 is 9.90 Å². The molecule has 102 valence electrons. The lowest BCUT2D eigenvalue weighted by Gasteiger charge is -2.33. The van der Waals surface area contributed by atoms with E-state index in [4.69, 9.17) is 0 Å². The number of nitrogens with zero attached hydrogens (tertiary/aromatic N) is 2. The second kappa shape index (κ2) is 5.73. The minimum atomic E-state index is -0.804. The number of benzene rings is 1. The van der Waals surface area contributed by atoms with Crippen LogP contribution in [0.2, 0.25) is 0 Å². The van der Waals surface area contributed by atoms with Gasteiger partial charge in [0.15, 0.2) is 5.13 Å². The topological polar surface area (TPSA) is 65.5 Å². The van der Waals surface area contributed by atoms with Crippen LogP contribution in [0.15, 0.2) is 24.3 Å². The van der Waals surface area contributed by atoms with Crippen LogP contribution < -0.4 is 10.2 Å². The molecule has 1 aromatic heterocycles. The number of carboxylic acid groups (broad SMARTS) is 1. The summed E-state index contributed by atoms with van der Waals surface area (Å²) in [6.07, 6.45) is 0. The van der Waals surface area contributed by atoms with E-state index in [1.54, 1.807) is 11.3 Å². The Morgan fingerprint density at radius 2 is 2.26 bits per heavy atom. The Bertz CT molecular complexity index is 556. The highest BCUT2D eigenvalue weighted by molar-refractivity contribution is 7.22. The van der Waals surface area contributed by atoms with Crippen molar-refractivity contribution in [2.24, 2.45) is 0 Å². The second-order valence-corrected chi connectivity index (χ2v) is 5.22. The van der Waals surface area contributed by atoms with E-state index in [-0.39, 0.29) is 12.4 Å². The Balaban J connectivity index is 0.00000133. The van der Waals surface area contributed by atoms with Crippen molar-refractivity contribution in [1.82, 2.24) is 10.3 Å². The Hall–Kier alpha value is -1.37. The summed E-state index contributed by atoms with van der Waals surface area (Å²) in [6, 6.07) is 7.34. The summed E-state index contributed by atoms with van der Waals surface area (Å²) in [7, 11) is 0. The summed E-state index contributed by atoms with van der Waals surface area (Å²) in [5, 5.41) is 13.1. The van der Waals surface area contributed by atoms with E-state index in [1.807, 2.05) is 29.2 Å². The van der Waals surface area contributed by atoms with E-state index in [1.165, 1.54) is 0 Å². The number of carbonyl (C=O) groups is 1. The number of piperazine rings is 1. The highest BCUT2D eigenvalue weighted by Gasteiger charge is 2.30. The zero-order chi connectivity index (χ0) is 12.5. The van der Waals surface area contributed by atoms with Gasteiger partial charge in [-0.05, 0) is 12.1 Å². The summed E-state index contributed by atoms with van der Waals surface area (Å²) in [5.74, 6) is -0.804. The minimum Gasteiger partial charge on any atom is -0.480 e. The minimum absolute atomic E-state index is 0. The number of aromatic nitrogens is 1. The molecule has 0 aliphatic carbocycles. The summed E-state index contributed by atoms with van der Waals surface area (Å²) in [5.41, 5.74) is 0.931. The van der Waals surface area contributed by atoms with Crippen LogP contribution in [-0.2, 0) is 4.79 Å². The average Bonchev–Trinajstić information content (AvgIpc) is 2.82. The number of carboxylic acids is 1. The smallest absolute Gasteiger partial charge is 0.327 e. The molecule has 1 saturated heterocycles. The lowest BCUT2D eigenvalue weighted by molar-refractivity contribution is -0.138. The van der Waals surface area contributed by atoms with Gasteiger partial charge in [0.2, 0.25) is 0 Å². The van der Waals surface area contributed by atoms with E-state index in [9.17, 15) is 9.90 Å². The number of anilines is 1. The van der Waals surface area contributed by atoms with Gasteiger partial charge in [-0.2, -0.15) is 0 Å². The Morgan fingerprint density at radius 3 is 3.00 bits per heavy atom. The lowest BCUT2D eigenvalue weighted by Crippen LogP contribution is -2.55. The van der Waals surface area contributed by atoms with E-state index in [2.05, 4.69) is 10.3 Å². The normalized spacial score (nSPS) is 19.2. The summed E-state index contributed by atoms with van der Waals surface area (Å²) in [4.78, 5) is 17.6. The first-order valence-corrected chi connectivity index (χ1v) is 6.63. The van der Waals surface area contributed by atoms with Crippen LogP contribution in [-0.4, -0.2) is 41.7 Å². The molecule has 1 aliphatic heterocycles. The maximum absolute atomic E-state index is 11.2. The molecule has 0 bridgehead atoms. The molecular formula is C12H14ClN3O2S. The van der Waals surface area contributed by atoms with Crippen molar-refractivity contribution in [3.63, 3.8) is 0 Å². The molecule has 2 aromatic rings. The van der Waals surface area contributed by atoms with Crippen molar-refractivity contribution >= 4 is 45.1 Å². The molecule has 3 rings (SSSR count). The molecule has 1 fully saturated rings. The fraction of sp³-hybridized carbons (Fsp3) is 0.333. The zero-order valence-corrected chi connectivity index (χ0v) is 11.7. The van der Waals surface area contributed by atoms with Gasteiger partial charge in [0.1, 0.15) is 6.04 Å². The second-order valence-electron chi connectivity index (χ2n) is 4.22. The highest BCUT2D eigenvalue weighted by atomic mass is 35.5. The predicted octanol–water partition coefficient (Wildman–Crippen LogP) is 1.58. The van der Waals surface area contributed by atoms with E-state index in [0.717, 1.165) is 21.9 Å². The Labute approximate surface area is 120 Å². The maximum atomic E-state index is 11.2. The molecule has 1 unspecified atom stereocenters. The van der Waals surface area contributed by atoms with E-state index >= 15 is 0 Å². The summed E-state index contributed by atoms with van der Waals surface area (Å²) < 4.78 is 1.09. The van der Waals surface area contributed by atoms with Crippen molar-refractivity contribution in [1.29, 1.82) is 0 Å². The van der Waals surface area contributed by atoms with Gasteiger partial charge in [-0.15, -0.1) is 12.4 Å². The zero-order valence-electron chi connectivity index (χ0n) is 10.1. The number of nitrogens with one attached hydrogen (secondary N) is 1. The Morgan fingerprint density at radius 1 is 1.47 bits per heavy atom. The molecule has 2 heterocycles. The van der Waals surface area contributed by atoms with E-state index < -0.39 is 12.0 Å². The van der Waals surface area contributed by atoms with Crippen LogP contribution >= 0.6 is 23.7 Å². The van der Waals surface area contributed by atoms with Crippen LogP contribution in [0.5, 0.6) is 0 Å². The molecule has 0 amide bonds. The SMILES string of the molecule is Cl.O=C(O)C1CNCCN1c1nc2ccccc2s1. The number of para-hydroxylation sites is 1. The van der Waals surface area contributed by atoms with Crippen LogP contribution in [0.25, 0.3) is 10.2 Å². The highest BCUT2D eigenvalue weighted by Crippen LogP contribution is 2.30. The largest absolute Gasteiger partial charge is 0.480 e. The summed E-state index contributed by atoms with van der Waals surface area (Å²) in [6.45, 7) is 1.93. The first-order valence-electron chi connectivity index (χ1n) is 5.81. The molecule has 1 atom stereocenters. The number of hydrogen-bond acceptors (Lipinski definition) is 5. The fourth-order valence-electron chi connectivity index (χ4n) is 2.14. The number of thiazole rings is 1. The average molecular weight is 300 g/mol. The molecule has 1 aromatic carbocycles. The third kappa shape index (κ3) is 2.65. The van der Waals surface area contributed by atoms with Crippen molar-refractivity contribution in [2.75, 3.05) is 24.5 Å². The predicted molar refractivity (Wildman–Crippen MR) is 78.5 cm³/mol. The quantitative estimate of drug-likeness (QED) is 0.881. The standard InChI is InChI=1S/C12H13N3O2S.ClH/c16-11(17)9-7-13-5-6-15(9)12-14-8-3-1-2-4-10(8)18-12;/h1-4,9,13H,5-7H2,(H,16,17);1H. The number of rotatable bonds is 2. The number of fused-ring (bicyclic) bond motifs is 1. The lowest BCUT2D eigenvalue weighted by atomic mass is 10.2. The van der Waals surface area contributed by atoms with Crippen LogP contribution in [0.4, 0.5) is 5.13 Å². The summed E-state index contributed by atoms with van der Waals surface area (Å²) >= 11 is 1.55. The van der Waals surface area contributed by atoms with E-state index in [0.29, 0.717) is 13.1 Å². The van der Waals surface area contributed by atoms with Gasteiger partial charge in [-0.3, -0.25) is 0 Å². The number of aliphatic carboxylic acids is 1. The van der Waals surface area contributed by atoms with Gasteiger partial charge < -0.3 is 15.3 Å². The van der Waals surface area contributed by atoms with Gasteiger partial charge in [0, 0.05) is 19.6 Å². The monoisotopic (exact) mass is 299 g/mol. The number of hydrogen-bond donors (Lipinski definition) is 2. The van der Waals surface area contributed by atoms with Gasteiger partial charge >= 0.3 is 5.97 Å². The molecule has 7 heteroatoms. The van der Waals surface area contributed by atoms with Crippen molar-refractivity contribution in [3.8, 4) is 0 Å².